The fraction of sp³-hybridized carbons (Fsp3) is 0.360. The lowest BCUT2D eigenvalue weighted by molar-refractivity contribution is -0.123. The van der Waals surface area contributed by atoms with Crippen molar-refractivity contribution in [3.8, 4) is 0 Å². The van der Waals surface area contributed by atoms with Crippen LogP contribution in [0.4, 0.5) is 5.69 Å². The zero-order chi connectivity index (χ0) is 23.3. The van der Waals surface area contributed by atoms with Crippen molar-refractivity contribution >= 4 is 40.9 Å². The Morgan fingerprint density at radius 1 is 0.970 bits per heavy atom. The Bertz CT molecular complexity index is 1130. The molecule has 2 amide bonds. The third kappa shape index (κ3) is 3.47. The summed E-state index contributed by atoms with van der Waals surface area (Å²) in [4.78, 5) is 55.7. The van der Waals surface area contributed by atoms with E-state index in [9.17, 15) is 19.2 Å². The summed E-state index contributed by atoms with van der Waals surface area (Å²) in [5.74, 6) is -2.54. The van der Waals surface area contributed by atoms with Gasteiger partial charge in [-0.05, 0) is 74.8 Å². The lowest BCUT2D eigenvalue weighted by Crippen LogP contribution is -2.46. The highest BCUT2D eigenvalue weighted by Crippen LogP contribution is 2.48. The van der Waals surface area contributed by atoms with Gasteiger partial charge in [-0.3, -0.25) is 19.3 Å². The van der Waals surface area contributed by atoms with Crippen LogP contribution in [0.15, 0.2) is 48.5 Å². The molecule has 3 aliphatic heterocycles. The van der Waals surface area contributed by atoms with Gasteiger partial charge in [-0.1, -0.05) is 11.6 Å². The second-order valence-corrected chi connectivity index (χ2v) is 9.03. The summed E-state index contributed by atoms with van der Waals surface area (Å²) >= 11 is 5.98. The average molecular weight is 467 g/mol. The van der Waals surface area contributed by atoms with Crippen molar-refractivity contribution in [3.05, 3.63) is 64.7 Å². The lowest BCUT2D eigenvalue weighted by Gasteiger charge is -2.27. The van der Waals surface area contributed by atoms with Gasteiger partial charge in [0.1, 0.15) is 0 Å². The van der Waals surface area contributed by atoms with Gasteiger partial charge in [0.05, 0.1) is 35.7 Å². The number of halogens is 1. The zero-order valence-electron chi connectivity index (χ0n) is 18.1. The van der Waals surface area contributed by atoms with E-state index in [0.29, 0.717) is 28.4 Å². The minimum absolute atomic E-state index is 0.128. The molecule has 3 fully saturated rings. The number of rotatable bonds is 5. The largest absolute Gasteiger partial charge is 0.462 e. The number of benzene rings is 2. The maximum absolute atomic E-state index is 13.6. The number of fused-ring (bicyclic) bond motifs is 3. The van der Waals surface area contributed by atoms with E-state index in [2.05, 4.69) is 0 Å². The van der Waals surface area contributed by atoms with Crippen molar-refractivity contribution in [1.29, 1.82) is 0 Å². The van der Waals surface area contributed by atoms with Crippen LogP contribution in [0.1, 0.15) is 40.5 Å². The topological polar surface area (TPSA) is 84.0 Å². The minimum atomic E-state index is -0.726. The molecule has 0 saturated carbocycles. The Labute approximate surface area is 196 Å². The summed E-state index contributed by atoms with van der Waals surface area (Å²) in [6, 6.07) is 12.1. The fourth-order valence-corrected chi connectivity index (χ4v) is 5.64. The molecule has 7 nitrogen and oxygen atoms in total. The molecular weight excluding hydrogens is 444 g/mol. The number of hydrogen-bond acceptors (Lipinski definition) is 6. The summed E-state index contributed by atoms with van der Waals surface area (Å²) < 4.78 is 5.00. The molecule has 0 unspecified atom stereocenters. The smallest absolute Gasteiger partial charge is 0.338 e. The molecule has 0 bridgehead atoms. The van der Waals surface area contributed by atoms with Crippen molar-refractivity contribution in [2.24, 2.45) is 11.8 Å². The van der Waals surface area contributed by atoms with Gasteiger partial charge in [0.15, 0.2) is 5.78 Å². The molecule has 2 aromatic carbocycles. The number of hydrogen-bond donors (Lipinski definition) is 0. The summed E-state index contributed by atoms with van der Waals surface area (Å²) in [6.07, 6.45) is 1.66. The van der Waals surface area contributed by atoms with Crippen LogP contribution in [-0.4, -0.2) is 53.7 Å². The van der Waals surface area contributed by atoms with Gasteiger partial charge in [0.25, 0.3) is 0 Å². The van der Waals surface area contributed by atoms with Gasteiger partial charge >= 0.3 is 5.97 Å². The van der Waals surface area contributed by atoms with Crippen LogP contribution in [-0.2, 0) is 14.3 Å². The number of amides is 2. The van der Waals surface area contributed by atoms with Crippen molar-refractivity contribution in [1.82, 2.24) is 4.90 Å². The summed E-state index contributed by atoms with van der Waals surface area (Å²) in [7, 11) is 0. The molecule has 4 atom stereocenters. The van der Waals surface area contributed by atoms with E-state index in [1.54, 1.807) is 55.5 Å². The van der Waals surface area contributed by atoms with E-state index >= 15 is 0 Å². The Kier molecular flexibility index (Phi) is 5.54. The number of ether oxygens (including phenoxy) is 1. The molecule has 8 heteroatoms. The molecule has 170 valence electrons. The first-order valence-corrected chi connectivity index (χ1v) is 11.5. The number of carbonyl (C=O) groups excluding carboxylic acids is 4. The molecule has 0 spiro atoms. The monoisotopic (exact) mass is 466 g/mol. The molecule has 0 aliphatic carbocycles. The molecule has 2 aromatic rings. The Morgan fingerprint density at radius 2 is 1.61 bits per heavy atom. The SMILES string of the molecule is CCOC(=O)c1ccc(N2C(=O)[C@@H]3[C@H](C2=O)[C@@H](C(=O)c2ccc(Cl)cc2)N2CCC[C@H]32)cc1. The number of esters is 1. The normalized spacial score (nSPS) is 26.4. The molecule has 3 saturated heterocycles. The Morgan fingerprint density at radius 3 is 2.27 bits per heavy atom. The van der Waals surface area contributed by atoms with Gasteiger partial charge < -0.3 is 4.74 Å². The first-order chi connectivity index (χ1) is 15.9. The molecule has 0 aromatic heterocycles. The van der Waals surface area contributed by atoms with E-state index in [1.807, 2.05) is 4.90 Å². The Hall–Kier alpha value is -3.03. The highest BCUT2D eigenvalue weighted by molar-refractivity contribution is 6.30. The highest BCUT2D eigenvalue weighted by Gasteiger charge is 2.64. The summed E-state index contributed by atoms with van der Waals surface area (Å²) in [6.45, 7) is 2.67. The molecular formula is C25H23ClN2O5. The molecule has 3 heterocycles. The quantitative estimate of drug-likeness (QED) is 0.382. The minimum Gasteiger partial charge on any atom is -0.462 e. The first kappa shape index (κ1) is 21.8. The fourth-order valence-electron chi connectivity index (χ4n) is 5.52. The molecule has 0 radical (unpaired) electrons. The van der Waals surface area contributed by atoms with Crippen molar-refractivity contribution < 1.29 is 23.9 Å². The van der Waals surface area contributed by atoms with Gasteiger partial charge in [-0.25, -0.2) is 9.69 Å². The van der Waals surface area contributed by atoms with Crippen LogP contribution < -0.4 is 4.90 Å². The van der Waals surface area contributed by atoms with Crippen LogP contribution in [0.25, 0.3) is 0 Å². The molecule has 33 heavy (non-hydrogen) atoms. The van der Waals surface area contributed by atoms with E-state index in [4.69, 9.17) is 16.3 Å². The van der Waals surface area contributed by atoms with E-state index < -0.39 is 23.8 Å². The van der Waals surface area contributed by atoms with Crippen LogP contribution >= 0.6 is 11.6 Å². The number of carbonyl (C=O) groups is 4. The lowest BCUT2D eigenvalue weighted by atomic mass is 9.85. The summed E-state index contributed by atoms with van der Waals surface area (Å²) in [5.41, 5.74) is 1.22. The van der Waals surface area contributed by atoms with Gasteiger partial charge in [0, 0.05) is 16.6 Å². The third-order valence-corrected chi connectivity index (χ3v) is 7.14. The van der Waals surface area contributed by atoms with Crippen LogP contribution in [0, 0.1) is 11.8 Å². The number of nitrogens with zero attached hydrogens (tertiary/aromatic N) is 2. The zero-order valence-corrected chi connectivity index (χ0v) is 18.8. The van der Waals surface area contributed by atoms with Crippen molar-refractivity contribution in [2.75, 3.05) is 18.1 Å². The number of Topliss-reactive ketones (excluding diaryl/α,β-unsaturated/α-hetero) is 1. The standard InChI is InChI=1S/C25H23ClN2O5/c1-2-33-25(32)15-7-11-17(12-8-15)28-23(30)19-18-4-3-13-27(18)21(20(19)24(28)31)22(29)14-5-9-16(26)10-6-14/h5-12,18-21H,2-4,13H2,1H3/t18-,19+,20+,21+/m1/s1. The number of anilines is 1. The second-order valence-electron chi connectivity index (χ2n) is 8.59. The summed E-state index contributed by atoms with van der Waals surface area (Å²) in [5, 5.41) is 0.527. The van der Waals surface area contributed by atoms with Crippen molar-refractivity contribution in [2.45, 2.75) is 31.8 Å². The maximum Gasteiger partial charge on any atom is 0.338 e. The second kappa shape index (κ2) is 8.39. The van der Waals surface area contributed by atoms with Crippen LogP contribution in [0.3, 0.4) is 0 Å². The third-order valence-electron chi connectivity index (χ3n) is 6.89. The average Bonchev–Trinajstić information content (AvgIpc) is 3.46. The Balaban J connectivity index is 1.47. The molecule has 0 N–H and O–H groups in total. The van der Waals surface area contributed by atoms with E-state index in [1.165, 1.54) is 4.90 Å². The molecule has 3 aliphatic rings. The predicted molar refractivity (Wildman–Crippen MR) is 121 cm³/mol. The van der Waals surface area contributed by atoms with E-state index in [0.717, 1.165) is 12.8 Å². The van der Waals surface area contributed by atoms with Crippen molar-refractivity contribution in [3.63, 3.8) is 0 Å². The van der Waals surface area contributed by atoms with Gasteiger partial charge in [0.2, 0.25) is 11.8 Å². The van der Waals surface area contributed by atoms with Crippen LogP contribution in [0.2, 0.25) is 5.02 Å². The number of ketones is 1. The maximum atomic E-state index is 13.6. The highest BCUT2D eigenvalue weighted by atomic mass is 35.5. The van der Waals surface area contributed by atoms with Gasteiger partial charge in [-0.15, -0.1) is 0 Å². The first-order valence-electron chi connectivity index (χ1n) is 11.1. The van der Waals surface area contributed by atoms with Gasteiger partial charge in [-0.2, -0.15) is 0 Å². The number of imide groups is 1. The van der Waals surface area contributed by atoms with Crippen LogP contribution in [0.5, 0.6) is 0 Å². The predicted octanol–water partition coefficient (Wildman–Crippen LogP) is 3.35. The van der Waals surface area contributed by atoms with E-state index in [-0.39, 0.29) is 30.2 Å². The molecule has 5 rings (SSSR count).